The Kier molecular flexibility index (Phi) is 4.51. The first-order valence-corrected chi connectivity index (χ1v) is 10.1. The van der Waals surface area contributed by atoms with Gasteiger partial charge in [0.25, 0.3) is 0 Å². The van der Waals surface area contributed by atoms with Gasteiger partial charge >= 0.3 is 0 Å². The van der Waals surface area contributed by atoms with Gasteiger partial charge in [-0.15, -0.1) is 0 Å². The molecule has 5 rings (SSSR count). The summed E-state index contributed by atoms with van der Waals surface area (Å²) in [5, 5.41) is 7.34. The van der Waals surface area contributed by atoms with Crippen molar-refractivity contribution in [3.05, 3.63) is 99.1 Å². The summed E-state index contributed by atoms with van der Waals surface area (Å²) in [6, 6.07) is 15.5. The van der Waals surface area contributed by atoms with E-state index >= 15 is 0 Å². The van der Waals surface area contributed by atoms with E-state index in [1.165, 1.54) is 12.1 Å². The number of hydrazone groups is 1. The van der Waals surface area contributed by atoms with Crippen molar-refractivity contribution in [2.45, 2.75) is 32.5 Å². The number of nitrogens with zero attached hydrogens (tertiary/aromatic N) is 2. The van der Waals surface area contributed by atoms with Crippen LogP contribution in [0.5, 0.6) is 5.75 Å². The van der Waals surface area contributed by atoms with Gasteiger partial charge in [0.2, 0.25) is 6.23 Å². The summed E-state index contributed by atoms with van der Waals surface area (Å²) in [6.07, 6.45) is 0.00245. The van der Waals surface area contributed by atoms with E-state index in [9.17, 15) is 8.78 Å². The van der Waals surface area contributed by atoms with Crippen LogP contribution < -0.4 is 4.74 Å². The van der Waals surface area contributed by atoms with Crippen molar-refractivity contribution in [1.29, 1.82) is 0 Å². The Morgan fingerprint density at radius 1 is 1.00 bits per heavy atom. The first kappa shape index (κ1) is 19.1. The van der Waals surface area contributed by atoms with E-state index < -0.39 is 17.9 Å². The number of halogens is 3. The third kappa shape index (κ3) is 3.14. The molecule has 0 saturated heterocycles. The van der Waals surface area contributed by atoms with E-state index in [1.807, 2.05) is 24.1 Å². The van der Waals surface area contributed by atoms with Gasteiger partial charge in [-0.2, -0.15) is 5.10 Å². The zero-order chi connectivity index (χ0) is 21.0. The minimum atomic E-state index is -0.910. The summed E-state index contributed by atoms with van der Waals surface area (Å²) in [4.78, 5) is 0. The number of rotatable bonds is 2. The first-order chi connectivity index (χ1) is 14.4. The van der Waals surface area contributed by atoms with Crippen LogP contribution in [0.4, 0.5) is 8.78 Å². The summed E-state index contributed by atoms with van der Waals surface area (Å²) < 4.78 is 33.7. The largest absolute Gasteiger partial charge is 0.464 e. The van der Waals surface area contributed by atoms with Crippen molar-refractivity contribution in [2.75, 3.05) is 0 Å². The molecule has 0 N–H and O–H groups in total. The molecule has 2 heterocycles. The molecule has 0 spiro atoms. The average molecular weight is 425 g/mol. The van der Waals surface area contributed by atoms with Crippen molar-refractivity contribution in [3.63, 3.8) is 0 Å². The highest BCUT2D eigenvalue weighted by molar-refractivity contribution is 6.30. The van der Waals surface area contributed by atoms with Gasteiger partial charge in [0.05, 0.1) is 11.8 Å². The van der Waals surface area contributed by atoms with E-state index in [-0.39, 0.29) is 6.04 Å². The molecule has 0 radical (unpaired) electrons. The van der Waals surface area contributed by atoms with Gasteiger partial charge in [-0.3, -0.25) is 0 Å². The number of hydrogen-bond donors (Lipinski definition) is 0. The number of benzene rings is 3. The van der Waals surface area contributed by atoms with Gasteiger partial charge in [0.1, 0.15) is 5.75 Å². The van der Waals surface area contributed by atoms with Gasteiger partial charge in [-0.05, 0) is 55.8 Å². The lowest BCUT2D eigenvalue weighted by Gasteiger charge is -2.38. The fourth-order valence-corrected chi connectivity index (χ4v) is 4.33. The topological polar surface area (TPSA) is 24.8 Å². The Balaban J connectivity index is 1.63. The molecule has 6 heteroatoms. The number of hydrogen-bond acceptors (Lipinski definition) is 3. The molecule has 0 amide bonds. The van der Waals surface area contributed by atoms with Crippen LogP contribution in [0.15, 0.2) is 59.7 Å². The lowest BCUT2D eigenvalue weighted by molar-refractivity contribution is -0.0192. The lowest BCUT2D eigenvalue weighted by Crippen LogP contribution is -2.33. The molecule has 3 aromatic rings. The van der Waals surface area contributed by atoms with E-state index in [0.29, 0.717) is 22.8 Å². The van der Waals surface area contributed by atoms with Crippen LogP contribution in [0.3, 0.4) is 0 Å². The predicted octanol–water partition coefficient (Wildman–Crippen LogP) is 6.48. The Morgan fingerprint density at radius 2 is 1.83 bits per heavy atom. The molecule has 3 aromatic carbocycles. The third-order valence-electron chi connectivity index (χ3n) is 5.68. The smallest absolute Gasteiger partial charge is 0.213 e. The van der Waals surface area contributed by atoms with Crippen LogP contribution in [0.25, 0.3) is 0 Å². The van der Waals surface area contributed by atoms with Crippen molar-refractivity contribution in [1.82, 2.24) is 5.01 Å². The molecule has 3 nitrogen and oxygen atoms in total. The Hall–Kier alpha value is -2.92. The van der Waals surface area contributed by atoms with Crippen molar-refractivity contribution in [2.24, 2.45) is 5.10 Å². The number of fused-ring (bicyclic) bond motifs is 3. The summed E-state index contributed by atoms with van der Waals surface area (Å²) in [5.41, 5.74) is 5.74. The van der Waals surface area contributed by atoms with E-state index in [4.69, 9.17) is 21.4 Å². The molecule has 0 unspecified atom stereocenters. The molecule has 152 valence electrons. The van der Waals surface area contributed by atoms with Crippen LogP contribution in [-0.2, 0) is 0 Å². The standard InChI is InChI=1S/C24H19ClF2N2O/c1-13-3-4-14(2)17(9-13)21-12-22-18-11-16(25)6-8-23(18)30-24(29(22)28-21)15-5-7-19(26)20(27)10-15/h3-11,22,24H,12H2,1-2H3/t22-,24-/m0/s1. The molecule has 2 aliphatic rings. The summed E-state index contributed by atoms with van der Waals surface area (Å²) >= 11 is 6.26. The average Bonchev–Trinajstić information content (AvgIpc) is 3.17. The van der Waals surface area contributed by atoms with Crippen molar-refractivity contribution < 1.29 is 13.5 Å². The van der Waals surface area contributed by atoms with Crippen LogP contribution in [0.1, 0.15) is 46.5 Å². The number of aryl methyl sites for hydroxylation is 2. The van der Waals surface area contributed by atoms with Gasteiger partial charge in [-0.25, -0.2) is 13.8 Å². The van der Waals surface area contributed by atoms with Crippen LogP contribution in [0.2, 0.25) is 5.02 Å². The lowest BCUT2D eigenvalue weighted by atomic mass is 9.93. The minimum Gasteiger partial charge on any atom is -0.464 e. The Bertz CT molecular complexity index is 1190. The van der Waals surface area contributed by atoms with Gasteiger partial charge in [0.15, 0.2) is 11.6 Å². The maximum absolute atomic E-state index is 14.0. The summed E-state index contributed by atoms with van der Waals surface area (Å²) in [6.45, 7) is 4.11. The van der Waals surface area contributed by atoms with E-state index in [1.54, 1.807) is 6.07 Å². The molecule has 0 aromatic heterocycles. The second kappa shape index (κ2) is 7.10. The fourth-order valence-electron chi connectivity index (χ4n) is 4.15. The summed E-state index contributed by atoms with van der Waals surface area (Å²) in [5.74, 6) is -1.13. The van der Waals surface area contributed by atoms with Crippen LogP contribution in [0, 0.1) is 25.5 Å². The monoisotopic (exact) mass is 424 g/mol. The highest BCUT2D eigenvalue weighted by Gasteiger charge is 2.41. The van der Waals surface area contributed by atoms with E-state index in [2.05, 4.69) is 25.1 Å². The van der Waals surface area contributed by atoms with Crippen LogP contribution in [-0.4, -0.2) is 10.7 Å². The molecule has 30 heavy (non-hydrogen) atoms. The normalized spacial score (nSPS) is 19.8. The maximum atomic E-state index is 14.0. The third-order valence-corrected chi connectivity index (χ3v) is 5.92. The highest BCUT2D eigenvalue weighted by Crippen LogP contribution is 2.48. The van der Waals surface area contributed by atoms with Crippen molar-refractivity contribution in [3.8, 4) is 5.75 Å². The molecule has 0 fully saturated rings. The maximum Gasteiger partial charge on any atom is 0.213 e. The zero-order valence-corrected chi connectivity index (χ0v) is 17.3. The number of ether oxygens (including phenoxy) is 1. The fraction of sp³-hybridized carbons (Fsp3) is 0.208. The predicted molar refractivity (Wildman–Crippen MR) is 113 cm³/mol. The SMILES string of the molecule is Cc1ccc(C)c(C2=NN3[C@@H](C2)c2cc(Cl)ccc2O[C@H]3c2ccc(F)c(F)c2)c1. The zero-order valence-electron chi connectivity index (χ0n) is 16.5. The Labute approximate surface area is 178 Å². The van der Waals surface area contributed by atoms with Gasteiger partial charge in [-0.1, -0.05) is 35.4 Å². The van der Waals surface area contributed by atoms with E-state index in [0.717, 1.165) is 34.0 Å². The van der Waals surface area contributed by atoms with Crippen molar-refractivity contribution >= 4 is 17.3 Å². The molecular weight excluding hydrogens is 406 g/mol. The van der Waals surface area contributed by atoms with Crippen LogP contribution >= 0.6 is 11.6 Å². The Morgan fingerprint density at radius 3 is 2.63 bits per heavy atom. The minimum absolute atomic E-state index is 0.111. The molecule has 2 atom stereocenters. The van der Waals surface area contributed by atoms with Gasteiger partial charge in [0, 0.05) is 28.1 Å². The van der Waals surface area contributed by atoms with Gasteiger partial charge < -0.3 is 4.74 Å². The molecule has 2 aliphatic heterocycles. The summed E-state index contributed by atoms with van der Waals surface area (Å²) in [7, 11) is 0. The highest BCUT2D eigenvalue weighted by atomic mass is 35.5. The quantitative estimate of drug-likeness (QED) is 0.470. The molecular formula is C24H19ClF2N2O. The second-order valence-electron chi connectivity index (χ2n) is 7.79. The first-order valence-electron chi connectivity index (χ1n) is 9.75. The molecule has 0 aliphatic carbocycles. The molecule has 0 bridgehead atoms. The second-order valence-corrected chi connectivity index (χ2v) is 8.23. The molecule has 0 saturated carbocycles.